The zero-order valence-electron chi connectivity index (χ0n) is 20.1. The summed E-state index contributed by atoms with van der Waals surface area (Å²) in [6.07, 6.45) is 4.82. The number of nitrogens with zero attached hydrogens (tertiary/aromatic N) is 2. The molecule has 36 heavy (non-hydrogen) atoms. The third kappa shape index (κ3) is 4.83. The minimum Gasteiger partial charge on any atom is -0.496 e. The number of pyridine rings is 1. The van der Waals surface area contributed by atoms with Crippen LogP contribution >= 0.6 is 0 Å². The monoisotopic (exact) mass is 503 g/mol. The second-order valence-electron chi connectivity index (χ2n) is 8.68. The van der Waals surface area contributed by atoms with Crippen LogP contribution in [-0.4, -0.2) is 59.3 Å². The number of alkyl halides is 2. The Morgan fingerprint density at radius 3 is 2.61 bits per heavy atom. The first-order valence-corrected chi connectivity index (χ1v) is 11.5. The van der Waals surface area contributed by atoms with E-state index in [1.807, 2.05) is 0 Å². The number of aliphatic hydroxyl groups excluding tert-OH is 1. The molecule has 1 aliphatic rings. The predicted octanol–water partition coefficient (Wildman–Crippen LogP) is 3.32. The van der Waals surface area contributed by atoms with E-state index in [0.29, 0.717) is 22.5 Å². The Balaban J connectivity index is 1.78. The molecule has 1 atom stereocenters. The third-order valence-corrected chi connectivity index (χ3v) is 6.13. The van der Waals surface area contributed by atoms with Crippen LogP contribution in [0, 0.1) is 0 Å². The molecule has 11 heteroatoms. The number of carbonyl (C=O) groups is 2. The second-order valence-corrected chi connectivity index (χ2v) is 8.68. The van der Waals surface area contributed by atoms with Gasteiger partial charge in [-0.3, -0.25) is 14.0 Å². The highest BCUT2D eigenvalue weighted by Gasteiger charge is 2.37. The van der Waals surface area contributed by atoms with Gasteiger partial charge in [-0.2, -0.15) is 8.78 Å². The number of esters is 1. The SMILES string of the molecule is CCOC(=O)C(C)(CO)c1ccn2c(-c3cc(OC)c(C(=O)NC4CC4)c(OC(F)F)c3)cnc2c1. The Labute approximate surface area is 206 Å². The number of hydrogen-bond donors (Lipinski definition) is 2. The summed E-state index contributed by atoms with van der Waals surface area (Å²) in [4.78, 5) is 29.6. The average Bonchev–Trinajstić information content (AvgIpc) is 3.57. The summed E-state index contributed by atoms with van der Waals surface area (Å²) in [7, 11) is 1.34. The Morgan fingerprint density at radius 2 is 2.00 bits per heavy atom. The van der Waals surface area contributed by atoms with Crippen LogP contribution in [0.25, 0.3) is 16.9 Å². The van der Waals surface area contributed by atoms with Gasteiger partial charge in [0.2, 0.25) is 0 Å². The molecule has 0 aliphatic heterocycles. The van der Waals surface area contributed by atoms with Gasteiger partial charge in [0, 0.05) is 17.8 Å². The summed E-state index contributed by atoms with van der Waals surface area (Å²) in [5.41, 5.74) is 0.461. The maximum Gasteiger partial charge on any atom is 0.387 e. The molecular formula is C25H27F2N3O6. The number of imidazole rings is 1. The maximum atomic E-state index is 13.2. The molecule has 0 spiro atoms. The molecule has 9 nitrogen and oxygen atoms in total. The summed E-state index contributed by atoms with van der Waals surface area (Å²) in [5.74, 6) is -1.37. The van der Waals surface area contributed by atoms with Crippen LogP contribution < -0.4 is 14.8 Å². The van der Waals surface area contributed by atoms with Crippen molar-refractivity contribution in [1.82, 2.24) is 14.7 Å². The van der Waals surface area contributed by atoms with Gasteiger partial charge in [-0.15, -0.1) is 0 Å². The zero-order chi connectivity index (χ0) is 26.0. The maximum absolute atomic E-state index is 13.2. The molecule has 0 radical (unpaired) electrons. The Kier molecular flexibility index (Phi) is 7.11. The molecule has 1 aliphatic carbocycles. The minimum absolute atomic E-state index is 0.00784. The molecule has 3 aromatic rings. The fraction of sp³-hybridized carbons (Fsp3) is 0.400. The topological polar surface area (TPSA) is 111 Å². The number of rotatable bonds is 10. The van der Waals surface area contributed by atoms with Crippen LogP contribution in [0.4, 0.5) is 8.78 Å². The molecule has 0 saturated heterocycles. The van der Waals surface area contributed by atoms with Crippen molar-refractivity contribution >= 4 is 17.5 Å². The van der Waals surface area contributed by atoms with E-state index >= 15 is 0 Å². The van der Waals surface area contributed by atoms with Crippen molar-refractivity contribution in [2.75, 3.05) is 20.3 Å². The molecule has 2 aromatic heterocycles. The first kappa shape index (κ1) is 25.4. The Morgan fingerprint density at radius 1 is 1.28 bits per heavy atom. The quantitative estimate of drug-likeness (QED) is 0.408. The van der Waals surface area contributed by atoms with Crippen molar-refractivity contribution in [1.29, 1.82) is 0 Å². The lowest BCUT2D eigenvalue weighted by molar-refractivity contribution is -0.151. The fourth-order valence-corrected chi connectivity index (χ4v) is 3.90. The average molecular weight is 504 g/mol. The lowest BCUT2D eigenvalue weighted by Gasteiger charge is -2.25. The smallest absolute Gasteiger partial charge is 0.387 e. The molecule has 1 fully saturated rings. The lowest BCUT2D eigenvalue weighted by atomic mass is 9.84. The largest absolute Gasteiger partial charge is 0.496 e. The van der Waals surface area contributed by atoms with E-state index in [1.54, 1.807) is 42.6 Å². The molecule has 192 valence electrons. The number of fused-ring (bicyclic) bond motifs is 1. The van der Waals surface area contributed by atoms with E-state index in [-0.39, 0.29) is 29.7 Å². The number of amides is 1. The number of ether oxygens (including phenoxy) is 3. The van der Waals surface area contributed by atoms with Crippen LogP contribution in [-0.2, 0) is 14.9 Å². The van der Waals surface area contributed by atoms with E-state index in [2.05, 4.69) is 10.3 Å². The van der Waals surface area contributed by atoms with E-state index in [0.717, 1.165) is 12.8 Å². The van der Waals surface area contributed by atoms with E-state index in [9.17, 15) is 23.5 Å². The van der Waals surface area contributed by atoms with Crippen molar-refractivity contribution in [2.45, 2.75) is 44.8 Å². The number of halogens is 2. The summed E-state index contributed by atoms with van der Waals surface area (Å²) >= 11 is 0. The van der Waals surface area contributed by atoms with Crippen molar-refractivity contribution in [3.8, 4) is 22.8 Å². The van der Waals surface area contributed by atoms with Crippen molar-refractivity contribution in [3.05, 3.63) is 47.8 Å². The number of aromatic nitrogens is 2. The predicted molar refractivity (Wildman–Crippen MR) is 125 cm³/mol. The molecule has 1 unspecified atom stereocenters. The van der Waals surface area contributed by atoms with Gasteiger partial charge < -0.3 is 24.6 Å². The van der Waals surface area contributed by atoms with Gasteiger partial charge in [-0.25, -0.2) is 4.98 Å². The van der Waals surface area contributed by atoms with Crippen molar-refractivity contribution < 1.29 is 37.7 Å². The van der Waals surface area contributed by atoms with Crippen LogP contribution in [0.2, 0.25) is 0 Å². The molecule has 1 saturated carbocycles. The van der Waals surface area contributed by atoms with Gasteiger partial charge >= 0.3 is 12.6 Å². The molecule has 0 bridgehead atoms. The first-order chi connectivity index (χ1) is 17.2. The van der Waals surface area contributed by atoms with E-state index < -0.39 is 30.5 Å². The summed E-state index contributed by atoms with van der Waals surface area (Å²) < 4.78 is 43.4. The summed E-state index contributed by atoms with van der Waals surface area (Å²) in [6.45, 7) is -0.192. The fourth-order valence-electron chi connectivity index (χ4n) is 3.90. The van der Waals surface area contributed by atoms with Crippen LogP contribution in [0.15, 0.2) is 36.7 Å². The Bertz CT molecular complexity index is 1290. The standard InChI is InChI=1S/C25H27F2N3O6/c1-4-35-23(33)25(2,13-31)15-7-8-30-17(12-28-20(30)11-15)14-9-18(34-3)21(19(10-14)36-24(26)27)22(32)29-16-5-6-16/h7-12,16,24,31H,4-6,13H2,1-3H3,(H,29,32). The van der Waals surface area contributed by atoms with Gasteiger partial charge in [0.1, 0.15) is 28.1 Å². The number of benzene rings is 1. The Hall–Kier alpha value is -3.73. The first-order valence-electron chi connectivity index (χ1n) is 11.5. The number of methoxy groups -OCH3 is 1. The van der Waals surface area contributed by atoms with Crippen LogP contribution in [0.1, 0.15) is 42.6 Å². The second kappa shape index (κ2) is 10.1. The highest BCUT2D eigenvalue weighted by atomic mass is 19.3. The number of nitrogens with one attached hydrogen (secondary N) is 1. The van der Waals surface area contributed by atoms with Gasteiger partial charge in [-0.1, -0.05) is 0 Å². The highest BCUT2D eigenvalue weighted by Crippen LogP contribution is 2.37. The molecule has 4 rings (SSSR count). The number of carbonyl (C=O) groups excluding carboxylic acids is 2. The van der Waals surface area contributed by atoms with Crippen LogP contribution in [0.3, 0.4) is 0 Å². The van der Waals surface area contributed by atoms with Crippen molar-refractivity contribution in [3.63, 3.8) is 0 Å². The van der Waals surface area contributed by atoms with Gasteiger partial charge in [0.15, 0.2) is 0 Å². The van der Waals surface area contributed by atoms with Gasteiger partial charge in [-0.05, 0) is 56.5 Å². The number of aliphatic hydroxyl groups is 1. The van der Waals surface area contributed by atoms with Crippen LogP contribution in [0.5, 0.6) is 11.5 Å². The molecule has 1 aromatic carbocycles. The molecule has 2 N–H and O–H groups in total. The molecule has 2 heterocycles. The van der Waals surface area contributed by atoms with Gasteiger partial charge in [0.05, 0.1) is 32.2 Å². The summed E-state index contributed by atoms with van der Waals surface area (Å²) in [6, 6.07) is 6.19. The van der Waals surface area contributed by atoms with Crippen molar-refractivity contribution in [2.24, 2.45) is 0 Å². The zero-order valence-corrected chi connectivity index (χ0v) is 20.1. The van der Waals surface area contributed by atoms with E-state index in [4.69, 9.17) is 14.2 Å². The highest BCUT2D eigenvalue weighted by molar-refractivity contribution is 6.01. The van der Waals surface area contributed by atoms with E-state index in [1.165, 1.54) is 19.4 Å². The minimum atomic E-state index is -3.15. The lowest BCUT2D eigenvalue weighted by Crippen LogP contribution is -2.38. The van der Waals surface area contributed by atoms with Gasteiger partial charge in [0.25, 0.3) is 5.91 Å². The molecule has 1 amide bonds. The number of hydrogen-bond acceptors (Lipinski definition) is 7. The third-order valence-electron chi connectivity index (χ3n) is 6.13. The summed E-state index contributed by atoms with van der Waals surface area (Å²) in [5, 5.41) is 12.7. The molecular weight excluding hydrogens is 476 g/mol. The normalized spacial score (nSPS) is 15.0.